The van der Waals surface area contributed by atoms with Crippen molar-refractivity contribution in [3.05, 3.63) is 67.0 Å². The Hall–Kier alpha value is -3.59. The maximum absolute atomic E-state index is 12.4. The van der Waals surface area contributed by atoms with Crippen molar-refractivity contribution >= 4 is 40.8 Å². The van der Waals surface area contributed by atoms with Crippen LogP contribution in [0.4, 0.5) is 21.9 Å². The molecule has 1 fully saturated rings. The average Bonchev–Trinajstić information content (AvgIpc) is 3.31. The van der Waals surface area contributed by atoms with E-state index in [1.807, 2.05) is 61.6 Å². The van der Waals surface area contributed by atoms with Crippen LogP contribution in [-0.2, 0) is 4.79 Å². The van der Waals surface area contributed by atoms with E-state index in [2.05, 4.69) is 25.5 Å². The third-order valence-electron chi connectivity index (χ3n) is 5.54. The maximum atomic E-state index is 12.4. The van der Waals surface area contributed by atoms with Crippen molar-refractivity contribution in [1.82, 2.24) is 14.9 Å². The third kappa shape index (κ3) is 6.01. The highest BCUT2D eigenvalue weighted by Gasteiger charge is 2.27. The van der Waals surface area contributed by atoms with E-state index in [0.717, 1.165) is 35.2 Å². The fraction of sp³-hybridized carbons (Fsp3) is 0.250. The predicted octanol–water partition coefficient (Wildman–Crippen LogP) is 4.33. The molecule has 9 heteroatoms. The van der Waals surface area contributed by atoms with Gasteiger partial charge in [0.15, 0.2) is 0 Å². The summed E-state index contributed by atoms with van der Waals surface area (Å²) in [7, 11) is 1.85. The van der Waals surface area contributed by atoms with Crippen molar-refractivity contribution in [1.29, 1.82) is 0 Å². The first-order valence-electron chi connectivity index (χ1n) is 10.7. The number of carbonyl (C=O) groups is 2. The zero-order valence-corrected chi connectivity index (χ0v) is 19.4. The average molecular weight is 463 g/mol. The van der Waals surface area contributed by atoms with Crippen molar-refractivity contribution < 1.29 is 9.59 Å². The quantitative estimate of drug-likeness (QED) is 0.567. The lowest BCUT2D eigenvalue weighted by molar-refractivity contribution is -0.129. The van der Waals surface area contributed by atoms with Crippen LogP contribution < -0.4 is 15.5 Å². The highest BCUT2D eigenvalue weighted by Crippen LogP contribution is 2.25. The van der Waals surface area contributed by atoms with Crippen molar-refractivity contribution in [2.75, 3.05) is 35.7 Å². The van der Waals surface area contributed by atoms with Gasteiger partial charge in [-0.25, -0.2) is 14.8 Å². The lowest BCUT2D eigenvalue weighted by atomic mass is 10.2. The summed E-state index contributed by atoms with van der Waals surface area (Å²) in [4.78, 5) is 36.7. The number of hydrogen-bond donors (Lipinski definition) is 2. The first-order chi connectivity index (χ1) is 16.0. The van der Waals surface area contributed by atoms with Gasteiger partial charge in [-0.2, -0.15) is 0 Å². The lowest BCUT2D eigenvalue weighted by Gasteiger charge is -2.24. The van der Waals surface area contributed by atoms with Crippen LogP contribution in [0, 0.1) is 0 Å². The Labute approximate surface area is 197 Å². The first kappa shape index (κ1) is 22.6. The van der Waals surface area contributed by atoms with E-state index in [1.165, 1.54) is 11.8 Å². The summed E-state index contributed by atoms with van der Waals surface area (Å²) in [6.45, 7) is 3.31. The molecule has 0 radical (unpaired) electrons. The minimum absolute atomic E-state index is 0.0872. The summed E-state index contributed by atoms with van der Waals surface area (Å²) in [6, 6.07) is 17.0. The van der Waals surface area contributed by atoms with Crippen LogP contribution in [-0.4, -0.2) is 53.0 Å². The number of nitrogens with zero attached hydrogens (tertiary/aromatic N) is 4. The molecule has 170 valence electrons. The molecule has 0 bridgehead atoms. The van der Waals surface area contributed by atoms with Gasteiger partial charge in [-0.1, -0.05) is 17.8 Å². The van der Waals surface area contributed by atoms with Gasteiger partial charge in [0, 0.05) is 44.6 Å². The Bertz CT molecular complexity index is 1090. The molecular weight excluding hydrogens is 436 g/mol. The maximum Gasteiger partial charge on any atom is 0.323 e. The van der Waals surface area contributed by atoms with E-state index >= 15 is 0 Å². The summed E-state index contributed by atoms with van der Waals surface area (Å²) in [6.07, 6.45) is 4.31. The predicted molar refractivity (Wildman–Crippen MR) is 131 cm³/mol. The molecule has 1 aliphatic heterocycles. The van der Waals surface area contributed by atoms with Gasteiger partial charge < -0.3 is 20.4 Å². The number of nitrogens with one attached hydrogen (secondary N) is 2. The molecule has 1 aromatic carbocycles. The van der Waals surface area contributed by atoms with E-state index in [4.69, 9.17) is 0 Å². The van der Waals surface area contributed by atoms with Crippen molar-refractivity contribution in [2.24, 2.45) is 0 Å². The summed E-state index contributed by atoms with van der Waals surface area (Å²) >= 11 is 1.46. The number of carbonyl (C=O) groups excluding carboxylic acids is 2. The van der Waals surface area contributed by atoms with Crippen molar-refractivity contribution in [3.8, 4) is 0 Å². The second kappa shape index (κ2) is 10.4. The first-order valence-corrected chi connectivity index (χ1v) is 11.5. The number of amides is 3. The molecule has 3 heterocycles. The zero-order valence-electron chi connectivity index (χ0n) is 18.6. The molecule has 4 rings (SSSR count). The van der Waals surface area contributed by atoms with E-state index in [9.17, 15) is 9.59 Å². The second-order valence-electron chi connectivity index (χ2n) is 7.80. The molecule has 33 heavy (non-hydrogen) atoms. The molecule has 1 saturated heterocycles. The van der Waals surface area contributed by atoms with Crippen LogP contribution in [0.15, 0.2) is 77.0 Å². The number of urea groups is 1. The van der Waals surface area contributed by atoms with Gasteiger partial charge in [0.2, 0.25) is 5.91 Å². The molecule has 2 aromatic heterocycles. The number of hydrogen-bond acceptors (Lipinski definition) is 6. The zero-order chi connectivity index (χ0) is 23.2. The van der Waals surface area contributed by atoms with E-state index in [0.29, 0.717) is 11.4 Å². The minimum Gasteiger partial charge on any atom is -0.369 e. The van der Waals surface area contributed by atoms with Crippen molar-refractivity contribution in [2.45, 2.75) is 29.4 Å². The SMILES string of the molecule is CC(=O)N(C)C1CCN(c2ccc(NC(=O)Nc3ccc(Sc4ccccn4)nc3)cc2)C1. The smallest absolute Gasteiger partial charge is 0.323 e. The standard InChI is InChI=1S/C24H26N6O2S/c1-17(31)29(2)21-12-14-30(16-21)20-9-6-18(7-10-20)27-24(32)28-19-8-11-23(26-15-19)33-22-5-3-4-13-25-22/h3-11,13,15,21H,12,14,16H2,1-2H3,(H2,27,28,32). The Morgan fingerprint density at radius 1 is 1.00 bits per heavy atom. The fourth-order valence-electron chi connectivity index (χ4n) is 3.63. The van der Waals surface area contributed by atoms with Gasteiger partial charge in [-0.15, -0.1) is 0 Å². The molecule has 1 atom stereocenters. The molecule has 2 N–H and O–H groups in total. The molecule has 3 aromatic rings. The largest absolute Gasteiger partial charge is 0.369 e. The van der Waals surface area contributed by atoms with Crippen LogP contribution >= 0.6 is 11.8 Å². The number of anilines is 3. The summed E-state index contributed by atoms with van der Waals surface area (Å²) in [5.41, 5.74) is 2.38. The third-order valence-corrected chi connectivity index (χ3v) is 6.44. The number of benzene rings is 1. The second-order valence-corrected chi connectivity index (χ2v) is 8.84. The monoisotopic (exact) mass is 462 g/mol. The van der Waals surface area contributed by atoms with Crippen LogP contribution in [0.2, 0.25) is 0 Å². The number of likely N-dealkylation sites (N-methyl/N-ethyl adjacent to an activating group) is 1. The van der Waals surface area contributed by atoms with Crippen molar-refractivity contribution in [3.63, 3.8) is 0 Å². The molecule has 3 amide bonds. The Morgan fingerprint density at radius 2 is 1.73 bits per heavy atom. The van der Waals surface area contributed by atoms with Gasteiger partial charge in [0.25, 0.3) is 0 Å². The molecule has 8 nitrogen and oxygen atoms in total. The van der Waals surface area contributed by atoms with Crippen LogP contribution in [0.1, 0.15) is 13.3 Å². The normalized spacial score (nSPS) is 15.2. The topological polar surface area (TPSA) is 90.5 Å². The van der Waals surface area contributed by atoms with Crippen LogP contribution in [0.5, 0.6) is 0 Å². The van der Waals surface area contributed by atoms with Gasteiger partial charge in [0.05, 0.1) is 17.9 Å². The van der Waals surface area contributed by atoms with Gasteiger partial charge in [-0.05, 0) is 55.0 Å². The minimum atomic E-state index is -0.334. The summed E-state index contributed by atoms with van der Waals surface area (Å²) in [5.74, 6) is 0.0872. The highest BCUT2D eigenvalue weighted by atomic mass is 32.2. The van der Waals surface area contributed by atoms with E-state index < -0.39 is 0 Å². The summed E-state index contributed by atoms with van der Waals surface area (Å²) < 4.78 is 0. The lowest BCUT2D eigenvalue weighted by Crippen LogP contribution is -2.37. The molecular formula is C24H26N6O2S. The van der Waals surface area contributed by atoms with Gasteiger partial charge >= 0.3 is 6.03 Å². The van der Waals surface area contributed by atoms with Crippen LogP contribution in [0.3, 0.4) is 0 Å². The number of rotatable bonds is 6. The molecule has 0 saturated carbocycles. The molecule has 1 aliphatic rings. The van der Waals surface area contributed by atoms with Gasteiger partial charge in [0.1, 0.15) is 10.1 Å². The Balaban J connectivity index is 1.28. The molecule has 0 spiro atoms. The fourth-order valence-corrected chi connectivity index (χ4v) is 4.34. The van der Waals surface area contributed by atoms with E-state index in [-0.39, 0.29) is 18.0 Å². The summed E-state index contributed by atoms with van der Waals surface area (Å²) in [5, 5.41) is 7.30. The number of aromatic nitrogens is 2. The van der Waals surface area contributed by atoms with Gasteiger partial charge in [-0.3, -0.25) is 4.79 Å². The highest BCUT2D eigenvalue weighted by molar-refractivity contribution is 7.99. The Kier molecular flexibility index (Phi) is 7.09. The molecule has 1 unspecified atom stereocenters. The Morgan fingerprint density at radius 3 is 2.39 bits per heavy atom. The van der Waals surface area contributed by atoms with Crippen LogP contribution in [0.25, 0.3) is 0 Å². The molecule has 0 aliphatic carbocycles. The number of pyridine rings is 2. The van der Waals surface area contributed by atoms with E-state index in [1.54, 1.807) is 24.2 Å².